The Kier molecular flexibility index (Phi) is 7.17. The Bertz CT molecular complexity index is 1170. The Balaban J connectivity index is 1.94. The summed E-state index contributed by atoms with van der Waals surface area (Å²) < 4.78 is 28.4. The Morgan fingerprint density at radius 1 is 0.967 bits per heavy atom. The lowest BCUT2D eigenvalue weighted by atomic mass is 9.82. The number of rotatable bonds is 7. The van der Waals surface area contributed by atoms with Gasteiger partial charge in [-0.05, 0) is 53.4 Å². The number of hydrogen-bond donors (Lipinski definition) is 1. The number of halogens is 2. The van der Waals surface area contributed by atoms with Gasteiger partial charge in [-0.2, -0.15) is 5.26 Å². The van der Waals surface area contributed by atoms with Gasteiger partial charge in [0.1, 0.15) is 4.90 Å². The van der Waals surface area contributed by atoms with Crippen molar-refractivity contribution in [3.63, 3.8) is 0 Å². The van der Waals surface area contributed by atoms with Crippen LogP contribution in [0.2, 0.25) is 10.0 Å². The second-order valence-electron chi connectivity index (χ2n) is 6.97. The van der Waals surface area contributed by atoms with E-state index in [0.29, 0.717) is 10.6 Å². The van der Waals surface area contributed by atoms with Crippen molar-refractivity contribution >= 4 is 33.2 Å². The fraction of sp³-hybridized carbons (Fsp3) is 0.174. The molecule has 0 heterocycles. The monoisotopic (exact) mass is 458 g/mol. The average Bonchev–Trinajstić information content (AvgIpc) is 2.74. The molecule has 3 aromatic carbocycles. The fourth-order valence-electron chi connectivity index (χ4n) is 3.36. The molecule has 2 atom stereocenters. The third-order valence-corrected chi connectivity index (χ3v) is 7.24. The molecule has 0 spiro atoms. The van der Waals surface area contributed by atoms with Gasteiger partial charge in [0, 0.05) is 17.5 Å². The van der Waals surface area contributed by atoms with Crippen molar-refractivity contribution in [2.24, 2.45) is 0 Å². The summed E-state index contributed by atoms with van der Waals surface area (Å²) >= 11 is 12.1. The Morgan fingerprint density at radius 2 is 1.67 bits per heavy atom. The number of sulfonamides is 1. The van der Waals surface area contributed by atoms with Gasteiger partial charge in [-0.1, -0.05) is 66.5 Å². The highest BCUT2D eigenvalue weighted by Crippen LogP contribution is 2.34. The van der Waals surface area contributed by atoms with Gasteiger partial charge in [0.15, 0.2) is 0 Å². The normalized spacial score (nSPS) is 13.4. The van der Waals surface area contributed by atoms with Gasteiger partial charge in [0.2, 0.25) is 10.0 Å². The van der Waals surface area contributed by atoms with Crippen LogP contribution in [0.1, 0.15) is 35.4 Å². The Morgan fingerprint density at radius 3 is 2.33 bits per heavy atom. The molecule has 0 aromatic heterocycles. The molecule has 4 nitrogen and oxygen atoms in total. The molecule has 2 unspecified atom stereocenters. The summed E-state index contributed by atoms with van der Waals surface area (Å²) in [4.78, 5) is 0.0374. The first-order chi connectivity index (χ1) is 14.3. The van der Waals surface area contributed by atoms with E-state index in [2.05, 4.69) is 10.8 Å². The van der Waals surface area contributed by atoms with Crippen LogP contribution in [0.4, 0.5) is 0 Å². The van der Waals surface area contributed by atoms with Crippen molar-refractivity contribution < 1.29 is 8.42 Å². The lowest BCUT2D eigenvalue weighted by Crippen LogP contribution is -2.30. The first-order valence-corrected chi connectivity index (χ1v) is 11.6. The van der Waals surface area contributed by atoms with Crippen LogP contribution >= 0.6 is 23.2 Å². The average molecular weight is 459 g/mol. The molecule has 0 amide bonds. The Hall–Kier alpha value is -2.36. The first kappa shape index (κ1) is 22.3. The molecule has 0 bridgehead atoms. The van der Waals surface area contributed by atoms with E-state index in [9.17, 15) is 13.7 Å². The maximum Gasteiger partial charge on any atom is 0.242 e. The molecule has 30 heavy (non-hydrogen) atoms. The summed E-state index contributed by atoms with van der Waals surface area (Å²) in [6.45, 7) is 2.17. The second-order valence-corrected chi connectivity index (χ2v) is 9.55. The third kappa shape index (κ3) is 5.21. The van der Waals surface area contributed by atoms with Gasteiger partial charge in [-0.3, -0.25) is 0 Å². The Labute approximate surface area is 187 Å². The summed E-state index contributed by atoms with van der Waals surface area (Å²) in [5.41, 5.74) is 2.41. The number of hydrogen-bond acceptors (Lipinski definition) is 3. The van der Waals surface area contributed by atoms with E-state index in [1.807, 2.05) is 37.3 Å². The summed E-state index contributed by atoms with van der Waals surface area (Å²) in [7, 11) is -3.80. The van der Waals surface area contributed by atoms with Gasteiger partial charge in [0.25, 0.3) is 0 Å². The summed E-state index contributed by atoms with van der Waals surface area (Å²) in [6.07, 6.45) is 0. The van der Waals surface area contributed by atoms with Crippen molar-refractivity contribution in [1.29, 1.82) is 5.26 Å². The smallest absolute Gasteiger partial charge is 0.210 e. The molecule has 3 aromatic rings. The zero-order chi connectivity index (χ0) is 21.7. The van der Waals surface area contributed by atoms with Crippen LogP contribution in [-0.2, 0) is 10.0 Å². The first-order valence-electron chi connectivity index (χ1n) is 9.31. The minimum Gasteiger partial charge on any atom is -0.210 e. The minimum absolute atomic E-state index is 0.0369. The largest absolute Gasteiger partial charge is 0.242 e. The molecule has 0 radical (unpaired) electrons. The molecule has 0 aliphatic carbocycles. The minimum atomic E-state index is -3.80. The number of nitriles is 1. The van der Waals surface area contributed by atoms with E-state index in [1.54, 1.807) is 36.4 Å². The molecule has 0 saturated heterocycles. The predicted molar refractivity (Wildman–Crippen MR) is 120 cm³/mol. The SMILES string of the molecule is CC(c1ccc(Cl)cc1)C(CNS(=O)(=O)c1ccccc1Cl)c1cccc(C#N)c1. The van der Waals surface area contributed by atoms with Crippen molar-refractivity contribution in [3.8, 4) is 6.07 Å². The van der Waals surface area contributed by atoms with E-state index in [-0.39, 0.29) is 28.3 Å². The van der Waals surface area contributed by atoms with Crippen LogP contribution in [0.5, 0.6) is 0 Å². The quantitative estimate of drug-likeness (QED) is 0.491. The van der Waals surface area contributed by atoms with Crippen LogP contribution in [0, 0.1) is 11.3 Å². The van der Waals surface area contributed by atoms with Gasteiger partial charge >= 0.3 is 0 Å². The van der Waals surface area contributed by atoms with Crippen LogP contribution in [0.15, 0.2) is 77.7 Å². The zero-order valence-electron chi connectivity index (χ0n) is 16.2. The molecule has 0 fully saturated rings. The number of nitrogens with zero attached hydrogens (tertiary/aromatic N) is 1. The van der Waals surface area contributed by atoms with E-state index < -0.39 is 10.0 Å². The van der Waals surface area contributed by atoms with Crippen LogP contribution in [0.25, 0.3) is 0 Å². The molecule has 0 aliphatic heterocycles. The number of benzene rings is 3. The molecule has 0 aliphatic rings. The third-order valence-electron chi connectivity index (χ3n) is 5.06. The molecular formula is C23H20Cl2N2O2S. The van der Waals surface area contributed by atoms with E-state index in [1.165, 1.54) is 6.07 Å². The van der Waals surface area contributed by atoms with E-state index in [4.69, 9.17) is 23.2 Å². The van der Waals surface area contributed by atoms with E-state index >= 15 is 0 Å². The second kappa shape index (κ2) is 9.63. The molecule has 154 valence electrons. The van der Waals surface area contributed by atoms with Gasteiger partial charge < -0.3 is 0 Å². The molecule has 1 N–H and O–H groups in total. The molecule has 3 rings (SSSR count). The maximum absolute atomic E-state index is 12.9. The lowest BCUT2D eigenvalue weighted by Gasteiger charge is -2.26. The molecular weight excluding hydrogens is 439 g/mol. The topological polar surface area (TPSA) is 70.0 Å². The fourth-order valence-corrected chi connectivity index (χ4v) is 5.06. The van der Waals surface area contributed by atoms with Crippen molar-refractivity contribution in [3.05, 3.63) is 99.5 Å². The summed E-state index contributed by atoms with van der Waals surface area (Å²) in [6, 6.07) is 23.2. The van der Waals surface area contributed by atoms with E-state index in [0.717, 1.165) is 11.1 Å². The molecule has 0 saturated carbocycles. The van der Waals surface area contributed by atoms with Crippen molar-refractivity contribution in [2.75, 3.05) is 6.54 Å². The van der Waals surface area contributed by atoms with Crippen LogP contribution < -0.4 is 4.72 Å². The van der Waals surface area contributed by atoms with Crippen molar-refractivity contribution in [2.45, 2.75) is 23.7 Å². The van der Waals surface area contributed by atoms with Gasteiger partial charge in [-0.25, -0.2) is 13.1 Å². The predicted octanol–water partition coefficient (Wildman–Crippen LogP) is 5.73. The highest BCUT2D eigenvalue weighted by Gasteiger charge is 2.25. The zero-order valence-corrected chi connectivity index (χ0v) is 18.5. The van der Waals surface area contributed by atoms with Crippen molar-refractivity contribution in [1.82, 2.24) is 4.72 Å². The highest BCUT2D eigenvalue weighted by molar-refractivity contribution is 7.89. The maximum atomic E-state index is 12.9. The van der Waals surface area contributed by atoms with Gasteiger partial charge in [0.05, 0.1) is 16.7 Å². The van der Waals surface area contributed by atoms with Crippen LogP contribution in [-0.4, -0.2) is 15.0 Å². The van der Waals surface area contributed by atoms with Gasteiger partial charge in [-0.15, -0.1) is 0 Å². The van der Waals surface area contributed by atoms with Crippen LogP contribution in [0.3, 0.4) is 0 Å². The molecule has 7 heteroatoms. The summed E-state index contributed by atoms with van der Waals surface area (Å²) in [5, 5.41) is 10.1. The highest BCUT2D eigenvalue weighted by atomic mass is 35.5. The number of nitrogens with one attached hydrogen (secondary N) is 1. The summed E-state index contributed by atoms with van der Waals surface area (Å²) in [5.74, 6) is -0.248. The lowest BCUT2D eigenvalue weighted by molar-refractivity contribution is 0.539. The standard InChI is InChI=1S/C23H20Cl2N2O2S/c1-16(18-9-11-20(24)12-10-18)21(19-6-4-5-17(13-19)14-26)15-27-30(28,29)23-8-3-2-7-22(23)25/h2-13,16,21,27H,15H2,1H3.